The van der Waals surface area contributed by atoms with E-state index in [1.165, 1.54) is 103 Å². The Hall–Kier alpha value is -2.31. The third-order valence-electron chi connectivity index (χ3n) is 14.5. The van der Waals surface area contributed by atoms with Crippen molar-refractivity contribution in [2.75, 3.05) is 19.8 Å². The second kappa shape index (κ2) is 46.6. The minimum absolute atomic E-state index is 0.212. The van der Waals surface area contributed by atoms with Crippen molar-refractivity contribution in [2.24, 2.45) is 0 Å². The lowest BCUT2D eigenvalue weighted by Crippen LogP contribution is -2.65. The first kappa shape index (κ1) is 68.8. The zero-order chi connectivity index (χ0) is 54.6. The molecule has 2 aliphatic rings. The average molecular weight is 1060 g/mol. The van der Waals surface area contributed by atoms with Gasteiger partial charge in [-0.1, -0.05) is 222 Å². The van der Waals surface area contributed by atoms with E-state index in [0.717, 1.165) is 96.3 Å². The van der Waals surface area contributed by atoms with Gasteiger partial charge in [0.1, 0.15) is 48.8 Å². The highest BCUT2D eigenvalue weighted by molar-refractivity contribution is 5.76. The largest absolute Gasteiger partial charge is 0.394 e. The van der Waals surface area contributed by atoms with Crippen molar-refractivity contribution < 1.29 is 64.6 Å². The van der Waals surface area contributed by atoms with E-state index in [0.29, 0.717) is 12.8 Å². The third kappa shape index (κ3) is 32.4. The maximum absolute atomic E-state index is 13.2. The van der Waals surface area contributed by atoms with E-state index >= 15 is 0 Å². The van der Waals surface area contributed by atoms with Gasteiger partial charge in [0.15, 0.2) is 12.6 Å². The summed E-state index contributed by atoms with van der Waals surface area (Å²) < 4.78 is 22.7. The second-order valence-electron chi connectivity index (χ2n) is 21.1. The van der Waals surface area contributed by atoms with Gasteiger partial charge in [-0.3, -0.25) is 4.79 Å². The molecule has 2 saturated heterocycles. The Kier molecular flexibility index (Phi) is 42.7. The van der Waals surface area contributed by atoms with Crippen LogP contribution in [0.5, 0.6) is 0 Å². The number of nitrogens with one attached hydrogen (secondary N) is 1. The fraction of sp³-hybridized carbons (Fsp3) is 0.820. The molecule has 75 heavy (non-hydrogen) atoms. The van der Waals surface area contributed by atoms with Crippen LogP contribution in [-0.4, -0.2) is 140 Å². The summed E-state index contributed by atoms with van der Waals surface area (Å²) in [6.07, 6.45) is 43.0. The van der Waals surface area contributed by atoms with Crippen LogP contribution in [0.4, 0.5) is 0 Å². The molecule has 0 bridgehead atoms. The number of carbonyl (C=O) groups is 1. The Labute approximate surface area is 454 Å². The standard InChI is InChI=1S/C61H109NO13/c1-3-5-7-9-11-12-13-14-15-16-17-18-19-20-21-22-23-24-25-26-27-28-29-30-31-32-33-34-35-36-37-38-39-41-43-45-53(66)62-49(50(65)44-42-40-10-8-6-4-2)48-72-60-58(71)56(69)59(52(47-64)74-60)75-61-57(70)55(68)54(67)51(46-63)73-61/h5,7,11-12,14-15,17-18,20-21,49-52,54-61,63-65,67-71H,3-4,6,8-10,13,16,19,22-48H2,1-2H3,(H,62,66)/b7-5-,12-11-,15-14-,18-17-,21-20-. The number of allylic oxidation sites excluding steroid dienone is 10. The normalized spacial score (nSPS) is 25.5. The molecule has 0 aromatic carbocycles. The van der Waals surface area contributed by atoms with Crippen molar-refractivity contribution in [3.05, 3.63) is 60.8 Å². The van der Waals surface area contributed by atoms with Gasteiger partial charge in [-0.05, 0) is 57.8 Å². The first-order valence-corrected chi connectivity index (χ1v) is 30.0. The third-order valence-corrected chi connectivity index (χ3v) is 14.5. The Balaban J connectivity index is 1.53. The van der Waals surface area contributed by atoms with Crippen molar-refractivity contribution in [3.8, 4) is 0 Å². The number of aliphatic hydroxyl groups excluding tert-OH is 8. The van der Waals surface area contributed by atoms with Crippen molar-refractivity contribution >= 4 is 5.91 Å². The average Bonchev–Trinajstić information content (AvgIpc) is 3.41. The summed E-state index contributed by atoms with van der Waals surface area (Å²) >= 11 is 0. The zero-order valence-electron chi connectivity index (χ0n) is 46.8. The number of carbonyl (C=O) groups excluding carboxylic acids is 1. The Morgan fingerprint density at radius 2 is 0.920 bits per heavy atom. The fourth-order valence-corrected chi connectivity index (χ4v) is 9.68. The summed E-state index contributed by atoms with van der Waals surface area (Å²) in [6.45, 7) is 2.67. The maximum Gasteiger partial charge on any atom is 0.220 e. The summed E-state index contributed by atoms with van der Waals surface area (Å²) in [4.78, 5) is 13.2. The molecule has 0 saturated carbocycles. The van der Waals surface area contributed by atoms with Gasteiger partial charge in [0, 0.05) is 6.42 Å². The monoisotopic (exact) mass is 1060 g/mol. The smallest absolute Gasteiger partial charge is 0.220 e. The number of amides is 1. The van der Waals surface area contributed by atoms with E-state index in [-0.39, 0.29) is 12.5 Å². The first-order valence-electron chi connectivity index (χ1n) is 30.0. The molecule has 14 nitrogen and oxygen atoms in total. The number of unbranched alkanes of at least 4 members (excludes halogenated alkanes) is 24. The fourth-order valence-electron chi connectivity index (χ4n) is 9.68. The van der Waals surface area contributed by atoms with E-state index < -0.39 is 86.8 Å². The van der Waals surface area contributed by atoms with Crippen LogP contribution in [0.3, 0.4) is 0 Å². The van der Waals surface area contributed by atoms with Crippen molar-refractivity contribution in [1.29, 1.82) is 0 Å². The van der Waals surface area contributed by atoms with Crippen LogP contribution in [0, 0.1) is 0 Å². The highest BCUT2D eigenvalue weighted by Gasteiger charge is 2.51. The SMILES string of the molecule is CC/C=C\C/C=C\C/C=C\C/C=C\C/C=C\CCCCCCCCCCCCCCCCCCCCCC(=O)NC(COC1OC(CO)C(OC2OC(CO)C(O)C(O)C2O)C(O)C1O)C(O)CCCCCCCC. The topological polar surface area (TPSA) is 228 Å². The van der Waals surface area contributed by atoms with Crippen LogP contribution >= 0.6 is 0 Å². The summed E-state index contributed by atoms with van der Waals surface area (Å²) in [5.74, 6) is -0.212. The molecule has 0 aromatic rings. The van der Waals surface area contributed by atoms with Gasteiger partial charge < -0.3 is 65.1 Å². The van der Waals surface area contributed by atoms with E-state index in [4.69, 9.17) is 18.9 Å². The molecule has 9 N–H and O–H groups in total. The molecule has 0 aliphatic carbocycles. The van der Waals surface area contributed by atoms with Crippen LogP contribution in [-0.2, 0) is 23.7 Å². The van der Waals surface area contributed by atoms with Gasteiger partial charge in [-0.15, -0.1) is 0 Å². The van der Waals surface area contributed by atoms with Crippen molar-refractivity contribution in [2.45, 2.75) is 299 Å². The van der Waals surface area contributed by atoms with Gasteiger partial charge in [0.25, 0.3) is 0 Å². The molecule has 12 atom stereocenters. The highest BCUT2D eigenvalue weighted by atomic mass is 16.7. The number of aliphatic hydroxyl groups is 8. The minimum Gasteiger partial charge on any atom is -0.394 e. The quantitative estimate of drug-likeness (QED) is 0.0204. The molecule has 2 heterocycles. The molecule has 436 valence electrons. The lowest BCUT2D eigenvalue weighted by molar-refractivity contribution is -0.359. The lowest BCUT2D eigenvalue weighted by Gasteiger charge is -2.46. The number of ether oxygens (including phenoxy) is 4. The van der Waals surface area contributed by atoms with Crippen molar-refractivity contribution in [1.82, 2.24) is 5.32 Å². The van der Waals surface area contributed by atoms with Crippen LogP contribution in [0.15, 0.2) is 60.8 Å². The predicted molar refractivity (Wildman–Crippen MR) is 300 cm³/mol. The Morgan fingerprint density at radius 1 is 0.493 bits per heavy atom. The molecule has 2 aliphatic heterocycles. The molecule has 2 fully saturated rings. The first-order chi connectivity index (χ1) is 36.6. The summed E-state index contributed by atoms with van der Waals surface area (Å²) in [6, 6.07) is -0.825. The predicted octanol–water partition coefficient (Wildman–Crippen LogP) is 10.2. The van der Waals surface area contributed by atoms with Crippen LogP contribution < -0.4 is 5.32 Å². The second-order valence-corrected chi connectivity index (χ2v) is 21.1. The number of hydrogen-bond acceptors (Lipinski definition) is 13. The van der Waals surface area contributed by atoms with Crippen LogP contribution in [0.1, 0.15) is 226 Å². The van der Waals surface area contributed by atoms with Gasteiger partial charge in [0.2, 0.25) is 5.91 Å². The van der Waals surface area contributed by atoms with Gasteiger partial charge in [-0.2, -0.15) is 0 Å². The summed E-state index contributed by atoms with van der Waals surface area (Å²) in [7, 11) is 0. The Bertz CT molecular complexity index is 1490. The molecule has 14 heteroatoms. The molecule has 0 radical (unpaired) electrons. The van der Waals surface area contributed by atoms with E-state index in [1.54, 1.807) is 0 Å². The Morgan fingerprint density at radius 3 is 1.41 bits per heavy atom. The molecule has 1 amide bonds. The zero-order valence-corrected chi connectivity index (χ0v) is 46.8. The molecular formula is C61H109NO13. The summed E-state index contributed by atoms with van der Waals surface area (Å²) in [5, 5.41) is 86.7. The van der Waals surface area contributed by atoms with E-state index in [9.17, 15) is 45.6 Å². The molecule has 0 aromatic heterocycles. The number of rotatable bonds is 47. The van der Waals surface area contributed by atoms with Gasteiger partial charge >= 0.3 is 0 Å². The van der Waals surface area contributed by atoms with Crippen LogP contribution in [0.2, 0.25) is 0 Å². The minimum atomic E-state index is -1.78. The highest BCUT2D eigenvalue weighted by Crippen LogP contribution is 2.30. The molecule has 2 rings (SSSR count). The molecule has 0 spiro atoms. The lowest BCUT2D eigenvalue weighted by atomic mass is 9.97. The summed E-state index contributed by atoms with van der Waals surface area (Å²) in [5.41, 5.74) is 0. The van der Waals surface area contributed by atoms with Crippen LogP contribution in [0.25, 0.3) is 0 Å². The molecule has 12 unspecified atom stereocenters. The maximum atomic E-state index is 13.2. The molecular weight excluding hydrogens is 955 g/mol. The van der Waals surface area contributed by atoms with E-state index in [1.807, 2.05) is 0 Å². The van der Waals surface area contributed by atoms with Gasteiger partial charge in [0.05, 0.1) is 32.0 Å². The van der Waals surface area contributed by atoms with Crippen molar-refractivity contribution in [3.63, 3.8) is 0 Å². The number of hydrogen-bond donors (Lipinski definition) is 9. The van der Waals surface area contributed by atoms with Gasteiger partial charge in [-0.25, -0.2) is 0 Å². The van der Waals surface area contributed by atoms with E-state index in [2.05, 4.69) is 79.9 Å².